The Morgan fingerprint density at radius 1 is 1.03 bits per heavy atom. The molecule has 1 heterocycles. The van der Waals surface area contributed by atoms with Gasteiger partial charge in [-0.3, -0.25) is 4.79 Å². The molecule has 3 aromatic rings. The molecule has 34 heavy (non-hydrogen) atoms. The highest BCUT2D eigenvalue weighted by molar-refractivity contribution is 7.89. The van der Waals surface area contributed by atoms with Crippen LogP contribution in [0.1, 0.15) is 41.5 Å². The minimum absolute atomic E-state index is 0.00133. The number of carbonyl (C=O) groups excluding carboxylic acids is 2. The lowest BCUT2D eigenvalue weighted by atomic mass is 10.1. The Balaban J connectivity index is 1.93. The van der Waals surface area contributed by atoms with E-state index >= 15 is 0 Å². The number of ether oxygens (including phenoxy) is 1. The summed E-state index contributed by atoms with van der Waals surface area (Å²) in [6.07, 6.45) is 0. The molecule has 2 amide bonds. The van der Waals surface area contributed by atoms with Gasteiger partial charge >= 0.3 is 12.0 Å². The zero-order valence-electron chi connectivity index (χ0n) is 20.2. The number of carbonyl (C=O) groups is 2. The molecular formula is C24H31N3O6S. The van der Waals surface area contributed by atoms with Gasteiger partial charge in [0.2, 0.25) is 10.0 Å². The summed E-state index contributed by atoms with van der Waals surface area (Å²) in [5.41, 5.74) is 0.802. The molecule has 1 atom stereocenters. The average Bonchev–Trinajstić information content (AvgIpc) is 3.07. The third kappa shape index (κ3) is 5.87. The van der Waals surface area contributed by atoms with Crippen LogP contribution in [0.3, 0.4) is 0 Å². The third-order valence-electron chi connectivity index (χ3n) is 4.96. The summed E-state index contributed by atoms with van der Waals surface area (Å²) in [6, 6.07) is 8.27. The van der Waals surface area contributed by atoms with E-state index in [9.17, 15) is 18.0 Å². The number of urea groups is 1. The SMILES string of the molecule is CCNC(=O)Nc1ccc2c(c1)oc1ccc(S(=O)(=O)N[C@@H](C(=O)OC(C)(C)C)C(C)C)cc12. The second-order valence-corrected chi connectivity index (χ2v) is 11.0. The normalized spacial score (nSPS) is 13.3. The molecule has 10 heteroatoms. The molecule has 3 rings (SSSR count). The van der Waals surface area contributed by atoms with Gasteiger partial charge in [0.15, 0.2) is 0 Å². The van der Waals surface area contributed by atoms with Gasteiger partial charge in [-0.25, -0.2) is 13.2 Å². The van der Waals surface area contributed by atoms with E-state index in [-0.39, 0.29) is 16.8 Å². The summed E-state index contributed by atoms with van der Waals surface area (Å²) in [5, 5.41) is 6.66. The largest absolute Gasteiger partial charge is 0.459 e. The second-order valence-electron chi connectivity index (χ2n) is 9.33. The van der Waals surface area contributed by atoms with Crippen molar-refractivity contribution in [3.63, 3.8) is 0 Å². The maximum atomic E-state index is 13.2. The number of fused-ring (bicyclic) bond motifs is 3. The quantitative estimate of drug-likeness (QED) is 0.423. The molecule has 9 nitrogen and oxygen atoms in total. The van der Waals surface area contributed by atoms with E-state index in [4.69, 9.17) is 9.15 Å². The van der Waals surface area contributed by atoms with Crippen LogP contribution in [-0.2, 0) is 19.6 Å². The van der Waals surface area contributed by atoms with Gasteiger partial charge in [-0.05, 0) is 63.9 Å². The zero-order valence-corrected chi connectivity index (χ0v) is 21.0. The summed E-state index contributed by atoms with van der Waals surface area (Å²) in [6.45, 7) is 11.0. The van der Waals surface area contributed by atoms with Gasteiger partial charge in [0.25, 0.3) is 0 Å². The number of hydrogen-bond acceptors (Lipinski definition) is 6. The Morgan fingerprint density at radius 3 is 2.35 bits per heavy atom. The number of sulfonamides is 1. The minimum Gasteiger partial charge on any atom is -0.459 e. The highest BCUT2D eigenvalue weighted by atomic mass is 32.2. The predicted octanol–water partition coefficient (Wildman–Crippen LogP) is 4.37. The Morgan fingerprint density at radius 2 is 1.74 bits per heavy atom. The highest BCUT2D eigenvalue weighted by Crippen LogP contribution is 2.32. The molecule has 0 aliphatic rings. The van der Waals surface area contributed by atoms with Crippen LogP contribution in [0.25, 0.3) is 21.9 Å². The molecule has 0 spiro atoms. The lowest BCUT2D eigenvalue weighted by molar-refractivity contribution is -0.158. The third-order valence-corrected chi connectivity index (χ3v) is 6.40. The van der Waals surface area contributed by atoms with Crippen LogP contribution in [0, 0.1) is 5.92 Å². The fourth-order valence-corrected chi connectivity index (χ4v) is 4.75. The number of rotatable bonds is 7. The summed E-state index contributed by atoms with van der Waals surface area (Å²) in [7, 11) is -4.03. The van der Waals surface area contributed by atoms with Crippen LogP contribution in [0.15, 0.2) is 45.7 Å². The lowest BCUT2D eigenvalue weighted by Crippen LogP contribution is -2.47. The van der Waals surface area contributed by atoms with Gasteiger partial charge in [0.1, 0.15) is 22.8 Å². The Labute approximate surface area is 199 Å². The van der Waals surface area contributed by atoms with Crippen molar-refractivity contribution in [2.24, 2.45) is 5.92 Å². The van der Waals surface area contributed by atoms with Crippen molar-refractivity contribution in [3.05, 3.63) is 36.4 Å². The van der Waals surface area contributed by atoms with Crippen molar-refractivity contribution in [2.75, 3.05) is 11.9 Å². The number of esters is 1. The van der Waals surface area contributed by atoms with E-state index in [1.54, 1.807) is 58.9 Å². The highest BCUT2D eigenvalue weighted by Gasteiger charge is 2.32. The first kappa shape index (κ1) is 25.5. The molecular weight excluding hydrogens is 458 g/mol. The molecule has 0 radical (unpaired) electrons. The summed E-state index contributed by atoms with van der Waals surface area (Å²) < 4.78 is 40.0. The first-order valence-electron chi connectivity index (χ1n) is 11.1. The molecule has 1 aromatic heterocycles. The smallest absolute Gasteiger partial charge is 0.324 e. The van der Waals surface area contributed by atoms with Crippen LogP contribution in [0.5, 0.6) is 0 Å². The molecule has 0 aliphatic carbocycles. The van der Waals surface area contributed by atoms with Crippen LogP contribution in [0.2, 0.25) is 0 Å². The average molecular weight is 490 g/mol. The number of hydrogen-bond donors (Lipinski definition) is 3. The van der Waals surface area contributed by atoms with Crippen LogP contribution in [-0.4, -0.2) is 38.6 Å². The lowest BCUT2D eigenvalue weighted by Gasteiger charge is -2.26. The van der Waals surface area contributed by atoms with Gasteiger partial charge in [-0.15, -0.1) is 0 Å². The maximum absolute atomic E-state index is 13.2. The van der Waals surface area contributed by atoms with E-state index in [1.165, 1.54) is 12.1 Å². The Kier molecular flexibility index (Phi) is 7.23. The maximum Gasteiger partial charge on any atom is 0.324 e. The van der Waals surface area contributed by atoms with Gasteiger partial charge < -0.3 is 19.8 Å². The fourth-order valence-electron chi connectivity index (χ4n) is 3.39. The number of anilines is 1. The van der Waals surface area contributed by atoms with E-state index in [2.05, 4.69) is 15.4 Å². The minimum atomic E-state index is -4.03. The van der Waals surface area contributed by atoms with Crippen LogP contribution < -0.4 is 15.4 Å². The van der Waals surface area contributed by atoms with E-state index < -0.39 is 27.6 Å². The molecule has 184 valence electrons. The van der Waals surface area contributed by atoms with Crippen LogP contribution >= 0.6 is 0 Å². The molecule has 3 N–H and O–H groups in total. The number of nitrogens with one attached hydrogen (secondary N) is 3. The topological polar surface area (TPSA) is 127 Å². The summed E-state index contributed by atoms with van der Waals surface area (Å²) >= 11 is 0. The Bertz CT molecular complexity index is 1320. The first-order valence-corrected chi connectivity index (χ1v) is 12.6. The molecule has 0 unspecified atom stereocenters. The van der Waals surface area contributed by atoms with Crippen molar-refractivity contribution in [3.8, 4) is 0 Å². The molecule has 0 saturated carbocycles. The van der Waals surface area contributed by atoms with Crippen molar-refractivity contribution in [1.29, 1.82) is 0 Å². The predicted molar refractivity (Wildman–Crippen MR) is 131 cm³/mol. The molecule has 0 fully saturated rings. The van der Waals surface area contributed by atoms with E-state index in [0.717, 1.165) is 0 Å². The van der Waals surface area contributed by atoms with E-state index in [0.29, 0.717) is 34.2 Å². The first-order chi connectivity index (χ1) is 15.8. The van der Waals surface area contributed by atoms with Crippen molar-refractivity contribution in [1.82, 2.24) is 10.0 Å². The number of furan rings is 1. The van der Waals surface area contributed by atoms with Gasteiger partial charge in [0, 0.05) is 29.1 Å². The second kappa shape index (κ2) is 9.63. The molecule has 0 bridgehead atoms. The molecule has 2 aromatic carbocycles. The van der Waals surface area contributed by atoms with Crippen molar-refractivity contribution < 1.29 is 27.2 Å². The molecule has 0 saturated heterocycles. The van der Waals surface area contributed by atoms with Crippen LogP contribution in [0.4, 0.5) is 10.5 Å². The van der Waals surface area contributed by atoms with Crippen molar-refractivity contribution >= 4 is 49.6 Å². The molecule has 0 aliphatic heterocycles. The van der Waals surface area contributed by atoms with E-state index in [1.807, 2.05) is 6.92 Å². The van der Waals surface area contributed by atoms with Crippen molar-refractivity contribution in [2.45, 2.75) is 58.1 Å². The summed E-state index contributed by atoms with van der Waals surface area (Å²) in [5.74, 6) is -0.952. The summed E-state index contributed by atoms with van der Waals surface area (Å²) in [4.78, 5) is 24.4. The standard InChI is InChI=1S/C24H31N3O6S/c1-7-25-23(29)26-15-8-10-17-18-13-16(9-11-19(18)32-20(17)12-15)34(30,31)27-21(14(2)3)22(28)33-24(4,5)6/h8-14,21,27H,7H2,1-6H3,(H2,25,26,29)/t21-/m1/s1. The zero-order chi connectivity index (χ0) is 25.3. The monoisotopic (exact) mass is 489 g/mol. The van der Waals surface area contributed by atoms with Gasteiger partial charge in [-0.1, -0.05) is 13.8 Å². The number of amides is 2. The van der Waals surface area contributed by atoms with Gasteiger partial charge in [-0.2, -0.15) is 4.72 Å². The fraction of sp³-hybridized carbons (Fsp3) is 0.417. The number of benzene rings is 2. The Hall–Kier alpha value is -3.11. The van der Waals surface area contributed by atoms with Gasteiger partial charge in [0.05, 0.1) is 4.90 Å².